The van der Waals surface area contributed by atoms with Gasteiger partial charge in [-0.25, -0.2) is 0 Å². The van der Waals surface area contributed by atoms with Crippen LogP contribution in [0.3, 0.4) is 0 Å². The highest BCUT2D eigenvalue weighted by atomic mass is 16.5. The Labute approximate surface area is 98.8 Å². The van der Waals surface area contributed by atoms with E-state index in [4.69, 9.17) is 4.74 Å². The number of hydrogen-bond donors (Lipinski definition) is 1. The number of aromatic nitrogens is 1. The number of rotatable bonds is 7. The summed E-state index contributed by atoms with van der Waals surface area (Å²) in [4.78, 5) is 0. The van der Waals surface area contributed by atoms with Gasteiger partial charge >= 0.3 is 0 Å². The molecule has 0 aliphatic heterocycles. The fourth-order valence-electron chi connectivity index (χ4n) is 1.98. The normalized spacial score (nSPS) is 11.0. The Morgan fingerprint density at radius 3 is 2.75 bits per heavy atom. The molecule has 16 heavy (non-hydrogen) atoms. The smallest absolute Gasteiger partial charge is 0.0641 e. The predicted octanol–water partition coefficient (Wildman–Crippen LogP) is 2.25. The summed E-state index contributed by atoms with van der Waals surface area (Å²) in [6.07, 6.45) is 1.18. The van der Waals surface area contributed by atoms with Crippen LogP contribution in [0.2, 0.25) is 0 Å². The summed E-state index contributed by atoms with van der Waals surface area (Å²) < 4.78 is 7.45. The van der Waals surface area contributed by atoms with Crippen LogP contribution >= 0.6 is 0 Å². The quantitative estimate of drug-likeness (QED) is 0.719. The number of aryl methyl sites for hydroxylation is 1. The fraction of sp³-hybridized carbons (Fsp3) is 0.692. The summed E-state index contributed by atoms with van der Waals surface area (Å²) in [6, 6.07) is 2.27. The lowest BCUT2D eigenvalue weighted by molar-refractivity contribution is 0.186. The van der Waals surface area contributed by atoms with Crippen LogP contribution in [-0.2, 0) is 17.8 Å². The Morgan fingerprint density at radius 2 is 2.12 bits per heavy atom. The van der Waals surface area contributed by atoms with Gasteiger partial charge in [0.2, 0.25) is 0 Å². The van der Waals surface area contributed by atoms with Crippen molar-refractivity contribution < 1.29 is 4.74 Å². The molecule has 1 heterocycles. The van der Waals surface area contributed by atoms with Crippen LogP contribution in [0, 0.1) is 13.8 Å². The zero-order chi connectivity index (χ0) is 12.0. The van der Waals surface area contributed by atoms with Crippen LogP contribution in [0.5, 0.6) is 0 Å². The van der Waals surface area contributed by atoms with E-state index in [9.17, 15) is 0 Å². The molecule has 0 aliphatic rings. The van der Waals surface area contributed by atoms with Gasteiger partial charge in [0.05, 0.1) is 6.61 Å². The molecule has 1 rings (SSSR count). The van der Waals surface area contributed by atoms with E-state index in [0.29, 0.717) is 0 Å². The van der Waals surface area contributed by atoms with Gasteiger partial charge in [0.15, 0.2) is 0 Å². The van der Waals surface area contributed by atoms with Crippen molar-refractivity contribution in [2.24, 2.45) is 0 Å². The first-order valence-corrected chi connectivity index (χ1v) is 6.06. The molecule has 0 aromatic carbocycles. The zero-order valence-corrected chi connectivity index (χ0v) is 11.0. The van der Waals surface area contributed by atoms with Gasteiger partial charge < -0.3 is 14.6 Å². The standard InChI is InChI=1S/C13H24N2O/c1-5-6-14-10-13-9-11(2)15(12(13)3)7-8-16-4/h9,14H,5-8,10H2,1-4H3. The van der Waals surface area contributed by atoms with Crippen LogP contribution < -0.4 is 5.32 Å². The first-order valence-electron chi connectivity index (χ1n) is 6.06. The van der Waals surface area contributed by atoms with Crippen LogP contribution in [0.15, 0.2) is 6.07 Å². The van der Waals surface area contributed by atoms with Gasteiger partial charge in [0, 0.05) is 31.6 Å². The lowest BCUT2D eigenvalue weighted by Crippen LogP contribution is -2.14. The molecule has 0 atom stereocenters. The third kappa shape index (κ3) is 3.35. The largest absolute Gasteiger partial charge is 0.383 e. The molecule has 92 valence electrons. The maximum Gasteiger partial charge on any atom is 0.0641 e. The number of ether oxygens (including phenoxy) is 1. The molecule has 3 nitrogen and oxygen atoms in total. The van der Waals surface area contributed by atoms with Crippen LogP contribution in [0.1, 0.15) is 30.3 Å². The highest BCUT2D eigenvalue weighted by Gasteiger charge is 2.07. The van der Waals surface area contributed by atoms with Crippen molar-refractivity contribution in [3.63, 3.8) is 0 Å². The van der Waals surface area contributed by atoms with Gasteiger partial charge in [-0.3, -0.25) is 0 Å². The van der Waals surface area contributed by atoms with Crippen LogP contribution in [-0.4, -0.2) is 24.8 Å². The predicted molar refractivity (Wildman–Crippen MR) is 67.8 cm³/mol. The Morgan fingerprint density at radius 1 is 1.38 bits per heavy atom. The topological polar surface area (TPSA) is 26.2 Å². The Hall–Kier alpha value is -0.800. The Bertz CT molecular complexity index is 318. The number of nitrogens with zero attached hydrogens (tertiary/aromatic N) is 1. The van der Waals surface area contributed by atoms with Crippen molar-refractivity contribution in [2.75, 3.05) is 20.3 Å². The highest BCUT2D eigenvalue weighted by molar-refractivity contribution is 5.26. The van der Waals surface area contributed by atoms with E-state index in [1.54, 1.807) is 7.11 Å². The lowest BCUT2D eigenvalue weighted by Gasteiger charge is -2.09. The van der Waals surface area contributed by atoms with Crippen molar-refractivity contribution in [3.05, 3.63) is 23.0 Å². The molecule has 0 radical (unpaired) electrons. The summed E-state index contributed by atoms with van der Waals surface area (Å²) in [5.74, 6) is 0. The second kappa shape index (κ2) is 6.71. The van der Waals surface area contributed by atoms with Crippen molar-refractivity contribution in [1.82, 2.24) is 9.88 Å². The zero-order valence-electron chi connectivity index (χ0n) is 11.0. The minimum Gasteiger partial charge on any atom is -0.383 e. The molecule has 0 saturated carbocycles. The average Bonchev–Trinajstić information content (AvgIpc) is 2.53. The SMILES string of the molecule is CCCNCc1cc(C)n(CCOC)c1C. The van der Waals surface area contributed by atoms with E-state index in [1.165, 1.54) is 23.4 Å². The van der Waals surface area contributed by atoms with Gasteiger partial charge in [-0.05, 0) is 38.4 Å². The first kappa shape index (κ1) is 13.3. The van der Waals surface area contributed by atoms with Gasteiger partial charge in [0.1, 0.15) is 0 Å². The molecule has 1 aromatic heterocycles. The molecule has 0 fully saturated rings. The Kier molecular flexibility index (Phi) is 5.56. The highest BCUT2D eigenvalue weighted by Crippen LogP contribution is 2.14. The molecule has 0 bridgehead atoms. The van der Waals surface area contributed by atoms with E-state index < -0.39 is 0 Å². The van der Waals surface area contributed by atoms with E-state index in [1.807, 2.05) is 0 Å². The summed E-state index contributed by atoms with van der Waals surface area (Å²) >= 11 is 0. The molecule has 3 heteroatoms. The van der Waals surface area contributed by atoms with Crippen LogP contribution in [0.4, 0.5) is 0 Å². The minimum absolute atomic E-state index is 0.776. The van der Waals surface area contributed by atoms with E-state index in [-0.39, 0.29) is 0 Å². The summed E-state index contributed by atoms with van der Waals surface area (Å²) in [7, 11) is 1.75. The maximum atomic E-state index is 5.13. The van der Waals surface area contributed by atoms with Gasteiger partial charge in [0.25, 0.3) is 0 Å². The molecule has 1 N–H and O–H groups in total. The third-order valence-corrected chi connectivity index (χ3v) is 2.94. The maximum absolute atomic E-state index is 5.13. The van der Waals surface area contributed by atoms with Crippen molar-refractivity contribution in [1.29, 1.82) is 0 Å². The molecule has 0 unspecified atom stereocenters. The monoisotopic (exact) mass is 224 g/mol. The number of methoxy groups -OCH3 is 1. The van der Waals surface area contributed by atoms with Gasteiger partial charge in [-0.15, -0.1) is 0 Å². The first-order chi connectivity index (χ1) is 7.70. The lowest BCUT2D eigenvalue weighted by atomic mass is 10.2. The number of hydrogen-bond acceptors (Lipinski definition) is 2. The van der Waals surface area contributed by atoms with Gasteiger partial charge in [-0.1, -0.05) is 6.92 Å². The molecular formula is C13H24N2O. The second-order valence-corrected chi connectivity index (χ2v) is 4.22. The molecule has 1 aromatic rings. The average molecular weight is 224 g/mol. The Balaban J connectivity index is 2.64. The summed E-state index contributed by atoms with van der Waals surface area (Å²) in [5, 5.41) is 3.44. The van der Waals surface area contributed by atoms with Crippen molar-refractivity contribution in [2.45, 2.75) is 40.3 Å². The van der Waals surface area contributed by atoms with Gasteiger partial charge in [-0.2, -0.15) is 0 Å². The van der Waals surface area contributed by atoms with E-state index >= 15 is 0 Å². The second-order valence-electron chi connectivity index (χ2n) is 4.22. The van der Waals surface area contributed by atoms with Crippen LogP contribution in [0.25, 0.3) is 0 Å². The van der Waals surface area contributed by atoms with Crippen molar-refractivity contribution >= 4 is 0 Å². The molecule has 0 amide bonds. The van der Waals surface area contributed by atoms with E-state index in [0.717, 1.165) is 26.2 Å². The molecule has 0 saturated heterocycles. The van der Waals surface area contributed by atoms with Crippen molar-refractivity contribution in [3.8, 4) is 0 Å². The molecule has 0 spiro atoms. The number of nitrogens with one attached hydrogen (secondary N) is 1. The molecule has 0 aliphatic carbocycles. The fourth-order valence-corrected chi connectivity index (χ4v) is 1.98. The minimum atomic E-state index is 0.776. The summed E-state index contributed by atoms with van der Waals surface area (Å²) in [6.45, 7) is 10.3. The molecular weight excluding hydrogens is 200 g/mol. The van der Waals surface area contributed by atoms with E-state index in [2.05, 4.69) is 36.7 Å². The summed E-state index contributed by atoms with van der Waals surface area (Å²) in [5.41, 5.74) is 4.09. The third-order valence-electron chi connectivity index (χ3n) is 2.94.